The summed E-state index contributed by atoms with van der Waals surface area (Å²) in [6, 6.07) is -0.125. The molecule has 0 radical (unpaired) electrons. The molecule has 1 aromatic heterocycles. The van der Waals surface area contributed by atoms with Gasteiger partial charge in [0.2, 0.25) is 0 Å². The lowest BCUT2D eigenvalue weighted by Gasteiger charge is -2.35. The van der Waals surface area contributed by atoms with Gasteiger partial charge in [-0.2, -0.15) is 0 Å². The Hall–Kier alpha value is -2.09. The molecular weight excluding hydrogens is 264 g/mol. The molecule has 3 heterocycles. The monoisotopic (exact) mass is 280 g/mol. The minimum Gasteiger partial charge on any atom is -0.465 e. The molecule has 3 rings (SSSR count). The SMILES string of the molecule is O=C(O)N1CCC(N2Cc3cnc(CO)n3C2=O)CC1. The van der Waals surface area contributed by atoms with Gasteiger partial charge in [0.25, 0.3) is 0 Å². The van der Waals surface area contributed by atoms with Crippen LogP contribution in [0.2, 0.25) is 0 Å². The summed E-state index contributed by atoms with van der Waals surface area (Å²) in [7, 11) is 0. The van der Waals surface area contributed by atoms with E-state index in [1.807, 2.05) is 0 Å². The maximum absolute atomic E-state index is 12.4. The van der Waals surface area contributed by atoms with Gasteiger partial charge >= 0.3 is 12.1 Å². The van der Waals surface area contributed by atoms with Crippen molar-refractivity contribution in [2.24, 2.45) is 0 Å². The number of rotatable bonds is 2. The zero-order valence-electron chi connectivity index (χ0n) is 10.9. The molecule has 0 spiro atoms. The zero-order valence-corrected chi connectivity index (χ0v) is 10.9. The predicted octanol–water partition coefficient (Wildman–Crippen LogP) is 0.301. The number of aliphatic hydroxyl groups is 1. The van der Waals surface area contributed by atoms with Gasteiger partial charge in [0.1, 0.15) is 12.4 Å². The van der Waals surface area contributed by atoms with Crippen molar-refractivity contribution >= 4 is 12.1 Å². The van der Waals surface area contributed by atoms with E-state index in [-0.39, 0.29) is 18.7 Å². The Morgan fingerprint density at radius 1 is 1.40 bits per heavy atom. The van der Waals surface area contributed by atoms with Crippen LogP contribution in [0.15, 0.2) is 6.20 Å². The van der Waals surface area contributed by atoms with E-state index < -0.39 is 6.09 Å². The Bertz CT molecular complexity index is 548. The average molecular weight is 280 g/mol. The second kappa shape index (κ2) is 4.78. The average Bonchev–Trinajstić information content (AvgIpc) is 2.99. The summed E-state index contributed by atoms with van der Waals surface area (Å²) in [6.07, 6.45) is 1.99. The number of likely N-dealkylation sites (tertiary alicyclic amines) is 1. The van der Waals surface area contributed by atoms with Gasteiger partial charge in [-0.1, -0.05) is 0 Å². The number of carbonyl (C=O) groups is 2. The minimum atomic E-state index is -0.908. The van der Waals surface area contributed by atoms with E-state index in [9.17, 15) is 14.7 Å². The summed E-state index contributed by atoms with van der Waals surface area (Å²) < 4.78 is 1.45. The standard InChI is InChI=1S/C12H16N4O4/c17-7-10-13-5-9-6-15(11(18)16(9)10)8-1-3-14(4-2-8)12(19)20/h5,8,17H,1-4,6-7H2,(H,19,20). The van der Waals surface area contributed by atoms with Gasteiger partial charge in [-0.3, -0.25) is 0 Å². The fraction of sp³-hybridized carbons (Fsp3) is 0.583. The highest BCUT2D eigenvalue weighted by atomic mass is 16.4. The highest BCUT2D eigenvalue weighted by molar-refractivity contribution is 5.81. The van der Waals surface area contributed by atoms with Gasteiger partial charge in [0.05, 0.1) is 18.4 Å². The lowest BCUT2D eigenvalue weighted by molar-refractivity contribution is 0.107. The molecule has 0 bridgehead atoms. The van der Waals surface area contributed by atoms with Crippen molar-refractivity contribution in [3.63, 3.8) is 0 Å². The van der Waals surface area contributed by atoms with Gasteiger partial charge in [0, 0.05) is 19.1 Å². The molecule has 2 N–H and O–H groups in total. The second-order valence-electron chi connectivity index (χ2n) is 5.07. The molecule has 0 atom stereocenters. The second-order valence-corrected chi connectivity index (χ2v) is 5.07. The maximum Gasteiger partial charge on any atom is 0.407 e. The normalized spacial score (nSPS) is 19.6. The first-order chi connectivity index (χ1) is 9.61. The van der Waals surface area contributed by atoms with Gasteiger partial charge in [0.15, 0.2) is 0 Å². The molecule has 0 saturated carbocycles. The molecule has 0 aromatic carbocycles. The number of carboxylic acid groups (broad SMARTS) is 1. The summed E-state index contributed by atoms with van der Waals surface area (Å²) in [5, 5.41) is 18.1. The van der Waals surface area contributed by atoms with Crippen LogP contribution in [0.4, 0.5) is 9.59 Å². The van der Waals surface area contributed by atoms with E-state index >= 15 is 0 Å². The zero-order chi connectivity index (χ0) is 14.3. The first-order valence-corrected chi connectivity index (χ1v) is 6.57. The number of hydrogen-bond acceptors (Lipinski definition) is 4. The van der Waals surface area contributed by atoms with Crippen LogP contribution in [-0.2, 0) is 13.2 Å². The Balaban J connectivity index is 1.71. The van der Waals surface area contributed by atoms with Crippen molar-refractivity contribution in [3.05, 3.63) is 17.7 Å². The fourth-order valence-corrected chi connectivity index (χ4v) is 2.91. The molecule has 2 amide bonds. The topological polar surface area (TPSA) is 98.9 Å². The van der Waals surface area contributed by atoms with Crippen LogP contribution in [0.25, 0.3) is 0 Å². The van der Waals surface area contributed by atoms with Gasteiger partial charge < -0.3 is 20.0 Å². The van der Waals surface area contributed by atoms with E-state index in [0.717, 1.165) is 5.69 Å². The molecule has 1 saturated heterocycles. The predicted molar refractivity (Wildman–Crippen MR) is 67.1 cm³/mol. The third kappa shape index (κ3) is 1.92. The summed E-state index contributed by atoms with van der Waals surface area (Å²) >= 11 is 0. The number of fused-ring (bicyclic) bond motifs is 1. The molecule has 8 nitrogen and oxygen atoms in total. The molecular formula is C12H16N4O4. The quantitative estimate of drug-likeness (QED) is 0.812. The molecule has 0 unspecified atom stereocenters. The third-order valence-electron chi connectivity index (χ3n) is 3.99. The van der Waals surface area contributed by atoms with Gasteiger partial charge in [-0.25, -0.2) is 19.1 Å². The number of carbonyl (C=O) groups excluding carboxylic acids is 1. The molecule has 1 fully saturated rings. The first-order valence-electron chi connectivity index (χ1n) is 6.57. The smallest absolute Gasteiger partial charge is 0.407 e. The first kappa shape index (κ1) is 12.9. The van der Waals surface area contributed by atoms with Crippen molar-refractivity contribution < 1.29 is 19.8 Å². The van der Waals surface area contributed by atoms with Gasteiger partial charge in [-0.05, 0) is 12.8 Å². The molecule has 0 aliphatic carbocycles. The van der Waals surface area contributed by atoms with E-state index in [1.54, 1.807) is 11.1 Å². The number of imidazole rings is 1. The molecule has 8 heteroatoms. The van der Waals surface area contributed by atoms with Crippen molar-refractivity contribution in [1.82, 2.24) is 19.4 Å². The van der Waals surface area contributed by atoms with E-state index in [1.165, 1.54) is 9.47 Å². The number of nitrogens with zero attached hydrogens (tertiary/aromatic N) is 4. The number of aromatic nitrogens is 2. The van der Waals surface area contributed by atoms with Crippen molar-refractivity contribution in [3.8, 4) is 0 Å². The largest absolute Gasteiger partial charge is 0.465 e. The van der Waals surface area contributed by atoms with Crippen LogP contribution in [-0.4, -0.2) is 60.8 Å². The van der Waals surface area contributed by atoms with Crippen molar-refractivity contribution in [2.75, 3.05) is 13.1 Å². The lowest BCUT2D eigenvalue weighted by Crippen LogP contribution is -2.47. The Morgan fingerprint density at radius 2 is 2.10 bits per heavy atom. The Kier molecular flexibility index (Phi) is 3.09. The van der Waals surface area contributed by atoms with Crippen LogP contribution >= 0.6 is 0 Å². The molecule has 2 aliphatic heterocycles. The van der Waals surface area contributed by atoms with Crippen LogP contribution in [0.1, 0.15) is 24.4 Å². The minimum absolute atomic E-state index is 0.0459. The number of hydrogen-bond donors (Lipinski definition) is 2. The van der Waals surface area contributed by atoms with E-state index in [4.69, 9.17) is 5.11 Å². The Labute approximate surface area is 115 Å². The maximum atomic E-state index is 12.4. The molecule has 2 aliphatic rings. The van der Waals surface area contributed by atoms with Gasteiger partial charge in [-0.15, -0.1) is 0 Å². The molecule has 1 aromatic rings. The van der Waals surface area contributed by atoms with E-state index in [2.05, 4.69) is 4.98 Å². The fourth-order valence-electron chi connectivity index (χ4n) is 2.91. The van der Waals surface area contributed by atoms with E-state index in [0.29, 0.717) is 38.3 Å². The Morgan fingerprint density at radius 3 is 2.70 bits per heavy atom. The van der Waals surface area contributed by atoms with Crippen LogP contribution in [0.3, 0.4) is 0 Å². The van der Waals surface area contributed by atoms with Crippen LogP contribution in [0.5, 0.6) is 0 Å². The van der Waals surface area contributed by atoms with Crippen LogP contribution in [0, 0.1) is 0 Å². The summed E-state index contributed by atoms with van der Waals surface area (Å²) in [5.41, 5.74) is 0.778. The number of amides is 2. The summed E-state index contributed by atoms with van der Waals surface area (Å²) in [4.78, 5) is 30.4. The third-order valence-corrected chi connectivity index (χ3v) is 3.99. The molecule has 108 valence electrons. The number of piperidine rings is 1. The highest BCUT2D eigenvalue weighted by Gasteiger charge is 2.36. The van der Waals surface area contributed by atoms with Crippen LogP contribution < -0.4 is 0 Å². The molecule has 20 heavy (non-hydrogen) atoms. The lowest BCUT2D eigenvalue weighted by atomic mass is 10.0. The summed E-state index contributed by atoms with van der Waals surface area (Å²) in [5.74, 6) is 0.357. The van der Waals surface area contributed by atoms with Crippen molar-refractivity contribution in [2.45, 2.75) is 32.0 Å². The highest BCUT2D eigenvalue weighted by Crippen LogP contribution is 2.26. The number of aliphatic hydroxyl groups excluding tert-OH is 1. The summed E-state index contributed by atoms with van der Waals surface area (Å²) in [6.45, 7) is 1.11. The van der Waals surface area contributed by atoms with Crippen molar-refractivity contribution in [1.29, 1.82) is 0 Å².